The average molecular weight is 523 g/mol. The van der Waals surface area contributed by atoms with E-state index in [1.807, 2.05) is 49.4 Å². The van der Waals surface area contributed by atoms with Gasteiger partial charge in [-0.05, 0) is 55.0 Å². The molecule has 1 fully saturated rings. The largest absolute Gasteiger partial charge is 0.490 e. The molecule has 1 amide bonds. The van der Waals surface area contributed by atoms with Crippen LogP contribution in [0.25, 0.3) is 6.08 Å². The van der Waals surface area contributed by atoms with E-state index in [1.54, 1.807) is 24.3 Å². The summed E-state index contributed by atoms with van der Waals surface area (Å²) in [5, 5.41) is 10.7. The second kappa shape index (κ2) is 11.7. The summed E-state index contributed by atoms with van der Waals surface area (Å²) in [7, 11) is 0. The number of hydrogen-bond acceptors (Lipinski definition) is 8. The van der Waals surface area contributed by atoms with Crippen molar-refractivity contribution in [1.82, 2.24) is 0 Å². The number of benzene rings is 3. The van der Waals surface area contributed by atoms with Crippen LogP contribution in [0.1, 0.15) is 12.5 Å². The summed E-state index contributed by atoms with van der Waals surface area (Å²) >= 11 is 6.69. The van der Waals surface area contributed by atoms with Crippen molar-refractivity contribution in [2.75, 3.05) is 24.7 Å². The van der Waals surface area contributed by atoms with Crippen molar-refractivity contribution in [2.45, 2.75) is 6.92 Å². The summed E-state index contributed by atoms with van der Waals surface area (Å²) in [5.74, 6) is 1.42. The number of nitro groups is 1. The maximum Gasteiger partial charge on any atom is 0.270 e. The Bertz CT molecular complexity index is 1300. The van der Waals surface area contributed by atoms with Gasteiger partial charge in [-0.15, -0.1) is 0 Å². The van der Waals surface area contributed by atoms with E-state index >= 15 is 0 Å². The first-order valence-corrected chi connectivity index (χ1v) is 12.3. The van der Waals surface area contributed by atoms with E-state index < -0.39 is 4.92 Å². The Balaban J connectivity index is 1.41. The second-order valence-corrected chi connectivity index (χ2v) is 9.12. The minimum absolute atomic E-state index is 0.00214. The molecule has 36 heavy (non-hydrogen) atoms. The molecule has 0 N–H and O–H groups in total. The summed E-state index contributed by atoms with van der Waals surface area (Å²) in [4.78, 5) is 25.3. The van der Waals surface area contributed by atoms with E-state index in [0.717, 1.165) is 11.3 Å². The number of nitrogens with zero attached hydrogens (tertiary/aromatic N) is 2. The lowest BCUT2D eigenvalue weighted by Gasteiger charge is -2.14. The van der Waals surface area contributed by atoms with E-state index in [2.05, 4.69) is 0 Å². The number of hydrogen-bond donors (Lipinski definition) is 0. The molecular weight excluding hydrogens is 500 g/mol. The molecule has 0 aromatic heterocycles. The molecule has 1 aliphatic heterocycles. The molecule has 10 heteroatoms. The fourth-order valence-electron chi connectivity index (χ4n) is 3.40. The van der Waals surface area contributed by atoms with E-state index in [-0.39, 0.29) is 24.8 Å². The van der Waals surface area contributed by atoms with Crippen molar-refractivity contribution in [2.24, 2.45) is 0 Å². The van der Waals surface area contributed by atoms with Crippen LogP contribution in [0.15, 0.2) is 77.7 Å². The zero-order chi connectivity index (χ0) is 25.5. The quantitative estimate of drug-likeness (QED) is 0.108. The van der Waals surface area contributed by atoms with Crippen LogP contribution in [0, 0.1) is 10.1 Å². The first kappa shape index (κ1) is 25.2. The topological polar surface area (TPSA) is 91.1 Å². The van der Waals surface area contributed by atoms with Gasteiger partial charge in [0.05, 0.1) is 22.1 Å². The zero-order valence-corrected chi connectivity index (χ0v) is 20.9. The highest BCUT2D eigenvalue weighted by molar-refractivity contribution is 8.27. The molecular formula is C26H22N2O6S2. The number of amides is 1. The Hall–Kier alpha value is -3.89. The molecule has 0 spiro atoms. The van der Waals surface area contributed by atoms with Gasteiger partial charge in [0.2, 0.25) is 0 Å². The highest BCUT2D eigenvalue weighted by Crippen LogP contribution is 2.37. The summed E-state index contributed by atoms with van der Waals surface area (Å²) < 4.78 is 17.6. The molecule has 4 rings (SSSR count). The molecule has 0 bridgehead atoms. The van der Waals surface area contributed by atoms with Gasteiger partial charge in [0, 0.05) is 12.1 Å². The molecule has 3 aromatic rings. The second-order valence-electron chi connectivity index (χ2n) is 7.44. The maximum absolute atomic E-state index is 13.0. The van der Waals surface area contributed by atoms with E-state index in [4.69, 9.17) is 26.4 Å². The number of non-ortho nitro benzene ring substituents is 1. The average Bonchev–Trinajstić information content (AvgIpc) is 3.16. The highest BCUT2D eigenvalue weighted by atomic mass is 32.2. The van der Waals surface area contributed by atoms with Gasteiger partial charge in [-0.2, -0.15) is 0 Å². The highest BCUT2D eigenvalue weighted by Gasteiger charge is 2.33. The molecule has 0 atom stereocenters. The van der Waals surface area contributed by atoms with Crippen molar-refractivity contribution < 1.29 is 23.9 Å². The Morgan fingerprint density at radius 2 is 1.69 bits per heavy atom. The van der Waals surface area contributed by atoms with Crippen molar-refractivity contribution in [1.29, 1.82) is 0 Å². The smallest absolute Gasteiger partial charge is 0.270 e. The molecule has 0 radical (unpaired) electrons. The third-order valence-electron chi connectivity index (χ3n) is 5.03. The predicted octanol–water partition coefficient (Wildman–Crippen LogP) is 5.86. The van der Waals surface area contributed by atoms with Crippen LogP contribution in [0.4, 0.5) is 11.4 Å². The monoisotopic (exact) mass is 522 g/mol. The van der Waals surface area contributed by atoms with Gasteiger partial charge in [-0.25, -0.2) is 0 Å². The van der Waals surface area contributed by atoms with Crippen LogP contribution >= 0.6 is 24.0 Å². The lowest BCUT2D eigenvalue weighted by molar-refractivity contribution is -0.384. The van der Waals surface area contributed by atoms with E-state index in [0.29, 0.717) is 33.1 Å². The van der Waals surface area contributed by atoms with Crippen molar-refractivity contribution >= 4 is 51.7 Å². The standard InChI is InChI=1S/C26H22N2O6S2/c1-2-32-23-16-18(17-24-25(29)27(26(35)36-24)19-6-4-3-5-7-19)8-13-22(23)34-15-14-33-21-11-9-20(10-12-21)28(30)31/h3-13,16-17H,2,14-15H2,1H3/b24-17-. The molecule has 8 nitrogen and oxygen atoms in total. The van der Waals surface area contributed by atoms with Crippen LogP contribution in [0.2, 0.25) is 0 Å². The van der Waals surface area contributed by atoms with Gasteiger partial charge in [-0.3, -0.25) is 19.8 Å². The van der Waals surface area contributed by atoms with Crippen molar-refractivity contribution in [3.63, 3.8) is 0 Å². The Morgan fingerprint density at radius 1 is 0.972 bits per heavy atom. The van der Waals surface area contributed by atoms with Gasteiger partial charge in [0.1, 0.15) is 19.0 Å². The normalized spacial score (nSPS) is 14.2. The van der Waals surface area contributed by atoms with Gasteiger partial charge in [0.25, 0.3) is 11.6 Å². The fraction of sp³-hybridized carbons (Fsp3) is 0.154. The van der Waals surface area contributed by atoms with Gasteiger partial charge in [0.15, 0.2) is 15.8 Å². The number of rotatable bonds is 10. The minimum atomic E-state index is -0.462. The molecule has 0 aliphatic carbocycles. The third kappa shape index (κ3) is 6.02. The number of ether oxygens (including phenoxy) is 3. The molecule has 0 unspecified atom stereocenters. The van der Waals surface area contributed by atoms with Crippen LogP contribution in [0.3, 0.4) is 0 Å². The summed E-state index contributed by atoms with van der Waals surface area (Å²) in [6, 6.07) is 20.6. The van der Waals surface area contributed by atoms with Crippen LogP contribution in [0.5, 0.6) is 17.2 Å². The number of thioether (sulfide) groups is 1. The predicted molar refractivity (Wildman–Crippen MR) is 144 cm³/mol. The first-order chi connectivity index (χ1) is 17.5. The van der Waals surface area contributed by atoms with Crippen molar-refractivity contribution in [3.8, 4) is 17.2 Å². The SMILES string of the molecule is CCOc1cc(/C=C2\SC(=S)N(c3ccccc3)C2=O)ccc1OCCOc1ccc([N+](=O)[O-])cc1. The molecule has 1 aliphatic rings. The van der Waals surface area contributed by atoms with Gasteiger partial charge >= 0.3 is 0 Å². The number of carbonyl (C=O) groups is 1. The molecule has 1 saturated heterocycles. The Labute approximate surface area is 217 Å². The summed E-state index contributed by atoms with van der Waals surface area (Å²) in [5.41, 5.74) is 1.52. The molecule has 1 heterocycles. The number of anilines is 1. The van der Waals surface area contributed by atoms with Crippen LogP contribution < -0.4 is 19.1 Å². The zero-order valence-electron chi connectivity index (χ0n) is 19.3. The summed E-state index contributed by atoms with van der Waals surface area (Å²) in [6.07, 6.45) is 1.78. The van der Waals surface area contributed by atoms with Crippen LogP contribution in [-0.4, -0.2) is 35.0 Å². The number of nitro benzene ring substituents is 1. The van der Waals surface area contributed by atoms with Gasteiger partial charge < -0.3 is 14.2 Å². The lowest BCUT2D eigenvalue weighted by Crippen LogP contribution is -2.27. The Kier molecular flexibility index (Phi) is 8.19. The third-order valence-corrected chi connectivity index (χ3v) is 6.33. The maximum atomic E-state index is 13.0. The van der Waals surface area contributed by atoms with E-state index in [9.17, 15) is 14.9 Å². The Morgan fingerprint density at radius 3 is 2.39 bits per heavy atom. The summed E-state index contributed by atoms with van der Waals surface area (Å²) in [6.45, 7) is 2.80. The number of carbonyl (C=O) groups excluding carboxylic acids is 1. The molecule has 0 saturated carbocycles. The number of para-hydroxylation sites is 1. The molecule has 3 aromatic carbocycles. The number of thiocarbonyl (C=S) groups is 1. The van der Waals surface area contributed by atoms with E-state index in [1.165, 1.54) is 28.8 Å². The van der Waals surface area contributed by atoms with Crippen LogP contribution in [-0.2, 0) is 4.79 Å². The van der Waals surface area contributed by atoms with Gasteiger partial charge in [-0.1, -0.05) is 48.2 Å². The molecule has 184 valence electrons. The first-order valence-electron chi connectivity index (χ1n) is 11.1. The minimum Gasteiger partial charge on any atom is -0.490 e. The fourth-order valence-corrected chi connectivity index (χ4v) is 4.69. The lowest BCUT2D eigenvalue weighted by atomic mass is 10.1. The van der Waals surface area contributed by atoms with Crippen molar-refractivity contribution in [3.05, 3.63) is 93.4 Å².